The molecule has 3 rings (SSSR count). The maximum atomic E-state index is 13.3. The highest BCUT2D eigenvalue weighted by Gasteiger charge is 2.41. The van der Waals surface area contributed by atoms with Gasteiger partial charge >= 0.3 is 0 Å². The fourth-order valence-electron chi connectivity index (χ4n) is 3.76. The van der Waals surface area contributed by atoms with Crippen LogP contribution in [-0.4, -0.2) is 11.8 Å². The summed E-state index contributed by atoms with van der Waals surface area (Å²) in [7, 11) is 0. The summed E-state index contributed by atoms with van der Waals surface area (Å²) in [5, 5.41) is 9.41. The van der Waals surface area contributed by atoms with Crippen molar-refractivity contribution in [3.8, 4) is 6.07 Å². The molecule has 0 unspecified atom stereocenters. The lowest BCUT2D eigenvalue weighted by atomic mass is 9.87. The van der Waals surface area contributed by atoms with Crippen LogP contribution in [0.5, 0.6) is 0 Å². The Kier molecular flexibility index (Phi) is 5.12. The number of carbonyl (C=O) groups is 2. The van der Waals surface area contributed by atoms with Gasteiger partial charge in [-0.3, -0.25) is 9.59 Å². The number of nitrogens with zero attached hydrogens (tertiary/aromatic N) is 2. The summed E-state index contributed by atoms with van der Waals surface area (Å²) in [5.74, 6) is -0.121. The standard InChI is InChI=1S/C24H26N2O2/c1-13(2)17-10-19(14(3)4)22(20(11-17)15(5)6)26-23(27)18-9-7-8-16(12-25)21(18)24(26)28/h7-11,13-15H,1-6H3. The second-order valence-electron chi connectivity index (χ2n) is 8.30. The first-order valence-electron chi connectivity index (χ1n) is 9.78. The highest BCUT2D eigenvalue weighted by molar-refractivity contribution is 6.35. The molecule has 0 radical (unpaired) electrons. The number of hydrogen-bond donors (Lipinski definition) is 0. The van der Waals surface area contributed by atoms with Crippen molar-refractivity contribution in [1.29, 1.82) is 5.26 Å². The molecule has 0 aromatic heterocycles. The molecule has 2 amide bonds. The average molecular weight is 374 g/mol. The first kappa shape index (κ1) is 19.8. The largest absolute Gasteiger partial charge is 0.268 e. The van der Waals surface area contributed by atoms with E-state index in [1.165, 1.54) is 10.5 Å². The molecule has 0 fully saturated rings. The van der Waals surface area contributed by atoms with Crippen molar-refractivity contribution < 1.29 is 9.59 Å². The summed E-state index contributed by atoms with van der Waals surface area (Å²) >= 11 is 0. The molecule has 1 aliphatic heterocycles. The molecule has 4 heteroatoms. The average Bonchev–Trinajstić information content (AvgIpc) is 2.91. The van der Waals surface area contributed by atoms with Gasteiger partial charge in [-0.25, -0.2) is 4.90 Å². The van der Waals surface area contributed by atoms with Gasteiger partial charge in [0.15, 0.2) is 0 Å². The van der Waals surface area contributed by atoms with Gasteiger partial charge in [-0.05, 0) is 46.6 Å². The second kappa shape index (κ2) is 7.24. The minimum Gasteiger partial charge on any atom is -0.268 e. The molecule has 2 aromatic carbocycles. The fourth-order valence-corrected chi connectivity index (χ4v) is 3.76. The number of imide groups is 1. The molecule has 0 aliphatic carbocycles. The van der Waals surface area contributed by atoms with E-state index >= 15 is 0 Å². The number of nitriles is 1. The molecule has 0 atom stereocenters. The number of fused-ring (bicyclic) bond motifs is 1. The molecule has 4 nitrogen and oxygen atoms in total. The minimum absolute atomic E-state index is 0.144. The zero-order valence-electron chi connectivity index (χ0n) is 17.3. The second-order valence-corrected chi connectivity index (χ2v) is 8.30. The number of rotatable bonds is 4. The Bertz CT molecular complexity index is 981. The summed E-state index contributed by atoms with van der Waals surface area (Å²) in [4.78, 5) is 27.8. The number of amides is 2. The third-order valence-electron chi connectivity index (χ3n) is 5.36. The smallest absolute Gasteiger partial charge is 0.267 e. The van der Waals surface area contributed by atoms with Crippen LogP contribution in [0.4, 0.5) is 5.69 Å². The van der Waals surface area contributed by atoms with Crippen LogP contribution in [-0.2, 0) is 0 Å². The Labute approximate surface area is 166 Å². The van der Waals surface area contributed by atoms with Crippen LogP contribution in [0.1, 0.15) is 102 Å². The molecule has 28 heavy (non-hydrogen) atoms. The van der Waals surface area contributed by atoms with E-state index < -0.39 is 5.91 Å². The summed E-state index contributed by atoms with van der Waals surface area (Å²) in [5.41, 5.74) is 4.63. The number of carbonyl (C=O) groups excluding carboxylic acids is 2. The molecule has 1 aliphatic rings. The van der Waals surface area contributed by atoms with Gasteiger partial charge in [-0.2, -0.15) is 5.26 Å². The monoisotopic (exact) mass is 374 g/mol. The van der Waals surface area contributed by atoms with Crippen molar-refractivity contribution in [2.45, 2.75) is 59.3 Å². The van der Waals surface area contributed by atoms with Gasteiger partial charge in [-0.1, -0.05) is 59.7 Å². The third-order valence-corrected chi connectivity index (χ3v) is 5.36. The van der Waals surface area contributed by atoms with Gasteiger partial charge in [0.05, 0.1) is 28.4 Å². The Morgan fingerprint density at radius 3 is 1.89 bits per heavy atom. The Morgan fingerprint density at radius 2 is 1.43 bits per heavy atom. The highest BCUT2D eigenvalue weighted by Crippen LogP contribution is 2.41. The lowest BCUT2D eigenvalue weighted by Crippen LogP contribution is -2.32. The molecule has 0 saturated carbocycles. The van der Waals surface area contributed by atoms with Crippen LogP contribution >= 0.6 is 0 Å². The molecule has 0 N–H and O–H groups in total. The van der Waals surface area contributed by atoms with E-state index in [4.69, 9.17) is 0 Å². The SMILES string of the molecule is CC(C)c1cc(C(C)C)c(N2C(=O)c3cccc(C#N)c3C2=O)c(C(C)C)c1. The van der Waals surface area contributed by atoms with E-state index in [0.717, 1.165) is 11.1 Å². The normalized spacial score (nSPS) is 13.6. The molecular weight excluding hydrogens is 348 g/mol. The van der Waals surface area contributed by atoms with Crippen molar-refractivity contribution in [1.82, 2.24) is 0 Å². The molecule has 0 spiro atoms. The predicted molar refractivity (Wildman–Crippen MR) is 111 cm³/mol. The zero-order chi connectivity index (χ0) is 20.7. The van der Waals surface area contributed by atoms with E-state index in [1.54, 1.807) is 18.2 Å². The molecule has 1 heterocycles. The van der Waals surface area contributed by atoms with Gasteiger partial charge in [-0.15, -0.1) is 0 Å². The van der Waals surface area contributed by atoms with Crippen molar-refractivity contribution >= 4 is 17.5 Å². The number of anilines is 1. The van der Waals surface area contributed by atoms with Crippen molar-refractivity contribution in [3.63, 3.8) is 0 Å². The number of benzene rings is 2. The highest BCUT2D eigenvalue weighted by atomic mass is 16.2. The molecule has 0 bridgehead atoms. The van der Waals surface area contributed by atoms with Gasteiger partial charge in [0.1, 0.15) is 0 Å². The van der Waals surface area contributed by atoms with Crippen LogP contribution in [0.15, 0.2) is 30.3 Å². The van der Waals surface area contributed by atoms with Crippen molar-refractivity contribution in [3.05, 3.63) is 63.7 Å². The molecule has 144 valence electrons. The maximum absolute atomic E-state index is 13.3. The van der Waals surface area contributed by atoms with Crippen LogP contribution in [0, 0.1) is 11.3 Å². The Hall–Kier alpha value is -2.93. The van der Waals surface area contributed by atoms with E-state index in [-0.39, 0.29) is 28.9 Å². The fraction of sp³-hybridized carbons (Fsp3) is 0.375. The maximum Gasteiger partial charge on any atom is 0.267 e. The van der Waals surface area contributed by atoms with E-state index in [9.17, 15) is 14.9 Å². The summed E-state index contributed by atoms with van der Waals surface area (Å²) in [6, 6.07) is 11.1. The summed E-state index contributed by atoms with van der Waals surface area (Å²) in [6.07, 6.45) is 0. The van der Waals surface area contributed by atoms with Crippen LogP contribution in [0.3, 0.4) is 0 Å². The van der Waals surface area contributed by atoms with Gasteiger partial charge in [0.25, 0.3) is 11.8 Å². The molecule has 0 saturated heterocycles. The van der Waals surface area contributed by atoms with E-state index in [0.29, 0.717) is 17.2 Å². The quantitative estimate of drug-likeness (QED) is 0.642. The van der Waals surface area contributed by atoms with Gasteiger partial charge < -0.3 is 0 Å². The minimum atomic E-state index is -0.404. The van der Waals surface area contributed by atoms with Crippen LogP contribution in [0.2, 0.25) is 0 Å². The zero-order valence-corrected chi connectivity index (χ0v) is 17.3. The lowest BCUT2D eigenvalue weighted by molar-refractivity contribution is 0.0925. The van der Waals surface area contributed by atoms with Crippen molar-refractivity contribution in [2.75, 3.05) is 4.90 Å². The third kappa shape index (κ3) is 3.01. The summed E-state index contributed by atoms with van der Waals surface area (Å²) in [6.45, 7) is 12.6. The van der Waals surface area contributed by atoms with E-state index in [1.807, 2.05) is 6.07 Å². The number of hydrogen-bond acceptors (Lipinski definition) is 3. The van der Waals surface area contributed by atoms with E-state index in [2.05, 4.69) is 53.7 Å². The molecule has 2 aromatic rings. The Morgan fingerprint density at radius 1 is 0.857 bits per heavy atom. The van der Waals surface area contributed by atoms with Crippen molar-refractivity contribution in [2.24, 2.45) is 0 Å². The first-order chi connectivity index (χ1) is 13.2. The first-order valence-corrected chi connectivity index (χ1v) is 9.78. The van der Waals surface area contributed by atoms with Crippen LogP contribution in [0.25, 0.3) is 0 Å². The molecular formula is C24H26N2O2. The predicted octanol–water partition coefficient (Wildman–Crippen LogP) is 5.73. The van der Waals surface area contributed by atoms with Gasteiger partial charge in [0, 0.05) is 0 Å². The Balaban J connectivity index is 2.31. The summed E-state index contributed by atoms with van der Waals surface area (Å²) < 4.78 is 0. The van der Waals surface area contributed by atoms with Crippen LogP contribution < -0.4 is 4.90 Å². The topological polar surface area (TPSA) is 61.2 Å². The van der Waals surface area contributed by atoms with Gasteiger partial charge in [0.2, 0.25) is 0 Å². The lowest BCUT2D eigenvalue weighted by Gasteiger charge is -2.27.